The SMILES string of the molecule is COc1ccccc1CN1CCC(c2cc(=O)[nH]c(N3CCOCC3)n2)CC1. The van der Waals surface area contributed by atoms with Gasteiger partial charge in [0.15, 0.2) is 0 Å². The van der Waals surface area contributed by atoms with Crippen molar-refractivity contribution < 1.29 is 9.47 Å². The van der Waals surface area contributed by atoms with Gasteiger partial charge in [0.1, 0.15) is 5.75 Å². The van der Waals surface area contributed by atoms with Crippen LogP contribution in [0.3, 0.4) is 0 Å². The van der Waals surface area contributed by atoms with Crippen molar-refractivity contribution in [2.24, 2.45) is 0 Å². The normalized spacial score (nSPS) is 19.0. The number of aromatic amines is 1. The molecule has 1 aromatic heterocycles. The van der Waals surface area contributed by atoms with E-state index >= 15 is 0 Å². The number of H-pyrrole nitrogens is 1. The van der Waals surface area contributed by atoms with E-state index < -0.39 is 0 Å². The molecule has 7 nitrogen and oxygen atoms in total. The predicted octanol–water partition coefficient (Wildman–Crippen LogP) is 1.99. The third kappa shape index (κ3) is 4.36. The summed E-state index contributed by atoms with van der Waals surface area (Å²) < 4.78 is 10.9. The molecule has 0 aliphatic carbocycles. The Morgan fingerprint density at radius 2 is 1.93 bits per heavy atom. The van der Waals surface area contributed by atoms with Gasteiger partial charge in [-0.05, 0) is 32.0 Å². The van der Waals surface area contributed by atoms with E-state index in [4.69, 9.17) is 14.5 Å². The van der Waals surface area contributed by atoms with E-state index in [0.29, 0.717) is 25.1 Å². The summed E-state index contributed by atoms with van der Waals surface area (Å²) in [4.78, 5) is 24.4. The Kier molecular flexibility index (Phi) is 5.92. The number of para-hydroxylation sites is 1. The number of anilines is 1. The van der Waals surface area contributed by atoms with E-state index in [0.717, 1.165) is 57.0 Å². The second kappa shape index (κ2) is 8.75. The first-order valence-electron chi connectivity index (χ1n) is 10.0. The Bertz CT molecular complexity index is 840. The molecule has 0 amide bonds. The van der Waals surface area contributed by atoms with E-state index in [2.05, 4.69) is 26.9 Å². The molecular formula is C21H28N4O3. The summed E-state index contributed by atoms with van der Waals surface area (Å²) in [5.41, 5.74) is 2.07. The third-order valence-electron chi connectivity index (χ3n) is 5.65. The van der Waals surface area contributed by atoms with Crippen molar-refractivity contribution in [3.63, 3.8) is 0 Å². The number of aromatic nitrogens is 2. The fraction of sp³-hybridized carbons (Fsp3) is 0.524. The zero-order valence-electron chi connectivity index (χ0n) is 16.4. The first kappa shape index (κ1) is 19.0. The van der Waals surface area contributed by atoms with Crippen LogP contribution in [0.15, 0.2) is 35.1 Å². The second-order valence-electron chi connectivity index (χ2n) is 7.46. The molecule has 0 unspecified atom stereocenters. The number of methoxy groups -OCH3 is 1. The maximum absolute atomic E-state index is 12.2. The summed E-state index contributed by atoms with van der Waals surface area (Å²) in [5, 5.41) is 0. The zero-order valence-corrected chi connectivity index (χ0v) is 16.4. The van der Waals surface area contributed by atoms with Gasteiger partial charge < -0.3 is 14.4 Å². The molecule has 3 heterocycles. The van der Waals surface area contributed by atoms with Crippen molar-refractivity contribution in [2.45, 2.75) is 25.3 Å². The van der Waals surface area contributed by atoms with Crippen molar-refractivity contribution in [2.75, 3.05) is 51.4 Å². The summed E-state index contributed by atoms with van der Waals surface area (Å²) in [6.07, 6.45) is 2.02. The first-order chi connectivity index (χ1) is 13.7. The van der Waals surface area contributed by atoms with Crippen molar-refractivity contribution in [1.29, 1.82) is 0 Å². The number of hydrogen-bond acceptors (Lipinski definition) is 6. The first-order valence-corrected chi connectivity index (χ1v) is 10.0. The van der Waals surface area contributed by atoms with Crippen LogP contribution in [0.5, 0.6) is 5.75 Å². The molecule has 28 heavy (non-hydrogen) atoms. The highest BCUT2D eigenvalue weighted by molar-refractivity contribution is 5.33. The minimum absolute atomic E-state index is 0.0667. The average molecular weight is 384 g/mol. The number of likely N-dealkylation sites (tertiary alicyclic amines) is 1. The van der Waals surface area contributed by atoms with Gasteiger partial charge in [-0.2, -0.15) is 0 Å². The molecule has 2 saturated heterocycles. The average Bonchev–Trinajstić information content (AvgIpc) is 2.75. The molecule has 1 aromatic carbocycles. The molecule has 1 N–H and O–H groups in total. The van der Waals surface area contributed by atoms with E-state index in [-0.39, 0.29) is 5.56 Å². The van der Waals surface area contributed by atoms with Gasteiger partial charge in [0.05, 0.1) is 26.0 Å². The lowest BCUT2D eigenvalue weighted by Crippen LogP contribution is -2.39. The van der Waals surface area contributed by atoms with Crippen LogP contribution in [0.1, 0.15) is 30.0 Å². The maximum Gasteiger partial charge on any atom is 0.252 e. The molecule has 0 radical (unpaired) electrons. The van der Waals surface area contributed by atoms with Crippen LogP contribution in [0.4, 0.5) is 5.95 Å². The number of ether oxygens (including phenoxy) is 2. The number of rotatable bonds is 5. The Hall–Kier alpha value is -2.38. The van der Waals surface area contributed by atoms with Crippen LogP contribution in [-0.4, -0.2) is 61.4 Å². The Morgan fingerprint density at radius 1 is 1.18 bits per heavy atom. The predicted molar refractivity (Wildman–Crippen MR) is 108 cm³/mol. The molecule has 4 rings (SSSR count). The number of hydrogen-bond donors (Lipinski definition) is 1. The van der Waals surface area contributed by atoms with Gasteiger partial charge in [-0.15, -0.1) is 0 Å². The zero-order chi connectivity index (χ0) is 19.3. The molecular weight excluding hydrogens is 356 g/mol. The molecule has 0 spiro atoms. The number of benzene rings is 1. The minimum Gasteiger partial charge on any atom is -0.496 e. The molecule has 2 fully saturated rings. The lowest BCUT2D eigenvalue weighted by molar-refractivity contribution is 0.122. The topological polar surface area (TPSA) is 70.7 Å². The van der Waals surface area contributed by atoms with Crippen LogP contribution >= 0.6 is 0 Å². The van der Waals surface area contributed by atoms with Crippen molar-refractivity contribution in [3.8, 4) is 5.75 Å². The molecule has 0 saturated carbocycles. The van der Waals surface area contributed by atoms with Crippen molar-refractivity contribution in [1.82, 2.24) is 14.9 Å². The summed E-state index contributed by atoms with van der Waals surface area (Å²) in [6, 6.07) is 9.86. The van der Waals surface area contributed by atoms with Crippen LogP contribution in [-0.2, 0) is 11.3 Å². The Morgan fingerprint density at radius 3 is 2.68 bits per heavy atom. The Labute approximate surface area is 165 Å². The van der Waals surface area contributed by atoms with E-state index in [1.165, 1.54) is 5.56 Å². The highest BCUT2D eigenvalue weighted by Gasteiger charge is 2.24. The van der Waals surface area contributed by atoms with E-state index in [1.807, 2.05) is 12.1 Å². The van der Waals surface area contributed by atoms with Crippen molar-refractivity contribution >= 4 is 5.95 Å². The molecule has 2 aliphatic heterocycles. The summed E-state index contributed by atoms with van der Waals surface area (Å²) in [6.45, 7) is 5.75. The molecule has 150 valence electrons. The van der Waals surface area contributed by atoms with Gasteiger partial charge in [-0.3, -0.25) is 14.7 Å². The smallest absolute Gasteiger partial charge is 0.252 e. The monoisotopic (exact) mass is 384 g/mol. The lowest BCUT2D eigenvalue weighted by Gasteiger charge is -2.32. The van der Waals surface area contributed by atoms with Crippen molar-refractivity contribution in [3.05, 3.63) is 51.9 Å². The molecule has 2 aliphatic rings. The van der Waals surface area contributed by atoms with E-state index in [1.54, 1.807) is 13.2 Å². The van der Waals surface area contributed by atoms with Gasteiger partial charge in [0, 0.05) is 37.2 Å². The van der Waals surface area contributed by atoms with Gasteiger partial charge in [-0.25, -0.2) is 4.98 Å². The maximum atomic E-state index is 12.2. The number of nitrogens with one attached hydrogen (secondary N) is 1. The van der Waals surface area contributed by atoms with E-state index in [9.17, 15) is 4.79 Å². The largest absolute Gasteiger partial charge is 0.496 e. The standard InChI is InChI=1S/C21H28N4O3/c1-27-19-5-3-2-4-17(19)15-24-8-6-16(7-9-24)18-14-20(26)23-21(22-18)25-10-12-28-13-11-25/h2-5,14,16H,6-13,15H2,1H3,(H,22,23,26). The van der Waals surface area contributed by atoms with Gasteiger partial charge in [0.2, 0.25) is 5.95 Å². The van der Waals surface area contributed by atoms with Gasteiger partial charge in [-0.1, -0.05) is 18.2 Å². The van der Waals surface area contributed by atoms with Crippen LogP contribution < -0.4 is 15.2 Å². The fourth-order valence-corrected chi connectivity index (χ4v) is 4.06. The summed E-state index contributed by atoms with van der Waals surface area (Å²) >= 11 is 0. The summed E-state index contributed by atoms with van der Waals surface area (Å²) in [7, 11) is 1.72. The summed E-state index contributed by atoms with van der Waals surface area (Å²) in [5.74, 6) is 1.95. The molecule has 7 heteroatoms. The fourth-order valence-electron chi connectivity index (χ4n) is 4.06. The van der Waals surface area contributed by atoms with Crippen LogP contribution in [0.25, 0.3) is 0 Å². The Balaban J connectivity index is 1.41. The lowest BCUT2D eigenvalue weighted by atomic mass is 9.93. The van der Waals surface area contributed by atoms with Gasteiger partial charge >= 0.3 is 0 Å². The number of morpholine rings is 1. The molecule has 2 aromatic rings. The number of nitrogens with zero attached hydrogens (tertiary/aromatic N) is 3. The third-order valence-corrected chi connectivity index (χ3v) is 5.65. The second-order valence-corrected chi connectivity index (χ2v) is 7.46. The molecule has 0 bridgehead atoms. The van der Waals surface area contributed by atoms with Crippen LogP contribution in [0.2, 0.25) is 0 Å². The number of piperidine rings is 1. The molecule has 0 atom stereocenters. The minimum atomic E-state index is -0.0667. The highest BCUT2D eigenvalue weighted by Crippen LogP contribution is 2.29. The van der Waals surface area contributed by atoms with Gasteiger partial charge in [0.25, 0.3) is 5.56 Å². The quantitative estimate of drug-likeness (QED) is 0.850. The highest BCUT2D eigenvalue weighted by atomic mass is 16.5. The van der Waals surface area contributed by atoms with Crippen LogP contribution in [0, 0.1) is 0 Å².